The Bertz CT molecular complexity index is 241. The standard InChI is InChI=1S/C14H26N2O/c15-12-6-8-13(9-7-12)16-14(17)10-5-11-3-1-2-4-11/h11-13H,1-10,15H2,(H,16,17). The van der Waals surface area contributed by atoms with Gasteiger partial charge in [0.15, 0.2) is 0 Å². The van der Waals surface area contributed by atoms with Gasteiger partial charge in [-0.2, -0.15) is 0 Å². The Morgan fingerprint density at radius 3 is 2.35 bits per heavy atom. The molecule has 0 atom stereocenters. The Labute approximate surface area is 105 Å². The number of amides is 1. The molecule has 3 heteroatoms. The molecule has 0 bridgehead atoms. The highest BCUT2D eigenvalue weighted by molar-refractivity contribution is 5.76. The summed E-state index contributed by atoms with van der Waals surface area (Å²) < 4.78 is 0. The molecule has 17 heavy (non-hydrogen) atoms. The lowest BCUT2D eigenvalue weighted by Gasteiger charge is -2.27. The summed E-state index contributed by atoms with van der Waals surface area (Å²) in [5.41, 5.74) is 5.86. The van der Waals surface area contributed by atoms with Crippen molar-refractivity contribution in [3.05, 3.63) is 0 Å². The molecular weight excluding hydrogens is 212 g/mol. The zero-order valence-electron chi connectivity index (χ0n) is 10.8. The van der Waals surface area contributed by atoms with Crippen molar-refractivity contribution in [2.75, 3.05) is 0 Å². The Morgan fingerprint density at radius 1 is 1.06 bits per heavy atom. The molecule has 0 spiro atoms. The van der Waals surface area contributed by atoms with Gasteiger partial charge in [-0.1, -0.05) is 25.7 Å². The van der Waals surface area contributed by atoms with E-state index in [-0.39, 0.29) is 5.91 Å². The first-order valence-electron chi connectivity index (χ1n) is 7.29. The third-order valence-electron chi connectivity index (χ3n) is 4.39. The molecule has 0 aromatic rings. The Morgan fingerprint density at radius 2 is 1.71 bits per heavy atom. The predicted molar refractivity (Wildman–Crippen MR) is 69.6 cm³/mol. The van der Waals surface area contributed by atoms with E-state index in [4.69, 9.17) is 5.73 Å². The Kier molecular flexibility index (Phi) is 4.84. The largest absolute Gasteiger partial charge is 0.353 e. The number of rotatable bonds is 4. The van der Waals surface area contributed by atoms with Crippen LogP contribution in [0.4, 0.5) is 0 Å². The summed E-state index contributed by atoms with van der Waals surface area (Å²) in [6.07, 6.45) is 11.5. The lowest BCUT2D eigenvalue weighted by atomic mass is 9.91. The summed E-state index contributed by atoms with van der Waals surface area (Å²) >= 11 is 0. The van der Waals surface area contributed by atoms with Gasteiger partial charge in [-0.15, -0.1) is 0 Å². The number of nitrogens with one attached hydrogen (secondary N) is 1. The van der Waals surface area contributed by atoms with Crippen molar-refractivity contribution in [2.24, 2.45) is 11.7 Å². The molecule has 2 fully saturated rings. The molecule has 3 nitrogen and oxygen atoms in total. The minimum atomic E-state index is 0.261. The molecule has 0 heterocycles. The summed E-state index contributed by atoms with van der Waals surface area (Å²) in [5.74, 6) is 1.08. The van der Waals surface area contributed by atoms with Crippen LogP contribution in [0.15, 0.2) is 0 Å². The maximum absolute atomic E-state index is 11.8. The number of nitrogens with two attached hydrogens (primary N) is 1. The van der Waals surface area contributed by atoms with Crippen LogP contribution in [0, 0.1) is 5.92 Å². The fourth-order valence-electron chi connectivity index (χ4n) is 3.20. The first-order chi connectivity index (χ1) is 8.24. The van der Waals surface area contributed by atoms with Gasteiger partial charge in [-0.05, 0) is 38.0 Å². The van der Waals surface area contributed by atoms with Crippen LogP contribution in [0.2, 0.25) is 0 Å². The van der Waals surface area contributed by atoms with E-state index in [9.17, 15) is 4.79 Å². The van der Waals surface area contributed by atoms with Crippen LogP contribution < -0.4 is 11.1 Å². The number of carbonyl (C=O) groups is 1. The van der Waals surface area contributed by atoms with Crippen molar-refractivity contribution in [3.8, 4) is 0 Å². The van der Waals surface area contributed by atoms with E-state index in [1.807, 2.05) is 0 Å². The van der Waals surface area contributed by atoms with Gasteiger partial charge in [0.1, 0.15) is 0 Å². The third-order valence-corrected chi connectivity index (χ3v) is 4.39. The van der Waals surface area contributed by atoms with Crippen LogP contribution in [0.5, 0.6) is 0 Å². The fraction of sp³-hybridized carbons (Fsp3) is 0.929. The van der Waals surface area contributed by atoms with Gasteiger partial charge < -0.3 is 11.1 Å². The molecule has 0 aliphatic heterocycles. The lowest BCUT2D eigenvalue weighted by molar-refractivity contribution is -0.122. The molecule has 0 radical (unpaired) electrons. The smallest absolute Gasteiger partial charge is 0.220 e. The van der Waals surface area contributed by atoms with Crippen LogP contribution in [0.1, 0.15) is 64.2 Å². The summed E-state index contributed by atoms with van der Waals surface area (Å²) in [7, 11) is 0. The highest BCUT2D eigenvalue weighted by Gasteiger charge is 2.21. The second-order valence-electron chi connectivity index (χ2n) is 5.87. The van der Waals surface area contributed by atoms with E-state index in [0.29, 0.717) is 12.1 Å². The zero-order valence-corrected chi connectivity index (χ0v) is 10.8. The maximum atomic E-state index is 11.8. The van der Waals surface area contributed by atoms with Gasteiger partial charge in [-0.3, -0.25) is 4.79 Å². The third kappa shape index (κ3) is 4.30. The molecule has 2 aliphatic carbocycles. The molecule has 0 unspecified atom stereocenters. The quantitative estimate of drug-likeness (QED) is 0.790. The number of carbonyl (C=O) groups excluding carboxylic acids is 1. The highest BCUT2D eigenvalue weighted by atomic mass is 16.1. The maximum Gasteiger partial charge on any atom is 0.220 e. The van der Waals surface area contributed by atoms with E-state index in [1.54, 1.807) is 0 Å². The van der Waals surface area contributed by atoms with Crippen LogP contribution >= 0.6 is 0 Å². The van der Waals surface area contributed by atoms with Crippen molar-refractivity contribution in [3.63, 3.8) is 0 Å². The van der Waals surface area contributed by atoms with Gasteiger partial charge >= 0.3 is 0 Å². The minimum absolute atomic E-state index is 0.261. The SMILES string of the molecule is NC1CCC(NC(=O)CCC2CCCC2)CC1. The summed E-state index contributed by atoms with van der Waals surface area (Å²) in [6.45, 7) is 0. The van der Waals surface area contributed by atoms with Crippen LogP contribution in [-0.2, 0) is 4.79 Å². The molecule has 2 aliphatic rings. The van der Waals surface area contributed by atoms with E-state index in [1.165, 1.54) is 25.7 Å². The fourth-order valence-corrected chi connectivity index (χ4v) is 3.20. The molecule has 1 amide bonds. The first kappa shape index (κ1) is 12.9. The molecule has 98 valence electrons. The zero-order chi connectivity index (χ0) is 12.1. The first-order valence-corrected chi connectivity index (χ1v) is 7.29. The average molecular weight is 238 g/mol. The van der Waals surface area contributed by atoms with E-state index in [0.717, 1.165) is 44.4 Å². The molecule has 0 aromatic heterocycles. The Hall–Kier alpha value is -0.570. The van der Waals surface area contributed by atoms with Crippen molar-refractivity contribution in [1.82, 2.24) is 5.32 Å². The number of hydrogen-bond acceptors (Lipinski definition) is 2. The predicted octanol–water partition coefficient (Wildman–Crippen LogP) is 2.34. The van der Waals surface area contributed by atoms with Crippen LogP contribution in [-0.4, -0.2) is 18.0 Å². The Balaban J connectivity index is 1.60. The van der Waals surface area contributed by atoms with Gasteiger partial charge in [0.2, 0.25) is 5.91 Å². The number of hydrogen-bond donors (Lipinski definition) is 2. The van der Waals surface area contributed by atoms with Gasteiger partial charge in [0.05, 0.1) is 0 Å². The lowest BCUT2D eigenvalue weighted by Crippen LogP contribution is -2.40. The highest BCUT2D eigenvalue weighted by Crippen LogP contribution is 2.28. The molecule has 2 saturated carbocycles. The van der Waals surface area contributed by atoms with E-state index in [2.05, 4.69) is 5.32 Å². The second-order valence-corrected chi connectivity index (χ2v) is 5.87. The van der Waals surface area contributed by atoms with Crippen molar-refractivity contribution >= 4 is 5.91 Å². The van der Waals surface area contributed by atoms with Gasteiger partial charge in [-0.25, -0.2) is 0 Å². The van der Waals surface area contributed by atoms with E-state index >= 15 is 0 Å². The molecule has 3 N–H and O–H groups in total. The average Bonchev–Trinajstić information content (AvgIpc) is 2.83. The minimum Gasteiger partial charge on any atom is -0.353 e. The van der Waals surface area contributed by atoms with Crippen molar-refractivity contribution in [1.29, 1.82) is 0 Å². The van der Waals surface area contributed by atoms with Gasteiger partial charge in [0.25, 0.3) is 0 Å². The van der Waals surface area contributed by atoms with Crippen LogP contribution in [0.25, 0.3) is 0 Å². The normalized spacial score (nSPS) is 30.4. The van der Waals surface area contributed by atoms with Crippen molar-refractivity contribution < 1.29 is 4.79 Å². The van der Waals surface area contributed by atoms with Crippen LogP contribution in [0.3, 0.4) is 0 Å². The summed E-state index contributed by atoms with van der Waals surface area (Å²) in [4.78, 5) is 11.8. The van der Waals surface area contributed by atoms with Gasteiger partial charge in [0, 0.05) is 18.5 Å². The monoisotopic (exact) mass is 238 g/mol. The summed E-state index contributed by atoms with van der Waals surface area (Å²) in [6, 6.07) is 0.757. The topological polar surface area (TPSA) is 55.1 Å². The molecule has 0 saturated heterocycles. The summed E-state index contributed by atoms with van der Waals surface area (Å²) in [5, 5.41) is 3.17. The second kappa shape index (κ2) is 6.39. The molecular formula is C14H26N2O. The molecule has 0 aromatic carbocycles. The van der Waals surface area contributed by atoms with E-state index < -0.39 is 0 Å². The molecule has 2 rings (SSSR count). The van der Waals surface area contributed by atoms with Crippen molar-refractivity contribution in [2.45, 2.75) is 76.3 Å².